The molecule has 23 heavy (non-hydrogen) atoms. The fourth-order valence-electron chi connectivity index (χ4n) is 1.96. The molecule has 0 bridgehead atoms. The van der Waals surface area contributed by atoms with Gasteiger partial charge in [0.2, 0.25) is 5.91 Å². The minimum Gasteiger partial charge on any atom is -0.550 e. The van der Waals surface area contributed by atoms with E-state index in [1.807, 2.05) is 0 Å². The molecule has 0 unspecified atom stereocenters. The number of carboxylic acids is 1. The third kappa shape index (κ3) is 4.63. The molecule has 0 aliphatic heterocycles. The summed E-state index contributed by atoms with van der Waals surface area (Å²) >= 11 is 0. The van der Waals surface area contributed by atoms with Gasteiger partial charge in [-0.1, -0.05) is 12.1 Å². The van der Waals surface area contributed by atoms with Crippen LogP contribution in [-0.2, 0) is 9.59 Å². The Hall–Kier alpha value is -3.22. The minimum atomic E-state index is -1.27. The normalized spacial score (nSPS) is 10.1. The van der Waals surface area contributed by atoms with Crippen LogP contribution in [0.3, 0.4) is 0 Å². The highest BCUT2D eigenvalue weighted by Crippen LogP contribution is 2.23. The first-order valence-electron chi connectivity index (χ1n) is 6.80. The lowest BCUT2D eigenvalue weighted by atomic mass is 10.1. The predicted molar refractivity (Wildman–Crippen MR) is 81.4 cm³/mol. The zero-order valence-electron chi connectivity index (χ0n) is 12.0. The van der Waals surface area contributed by atoms with Crippen molar-refractivity contribution in [1.29, 1.82) is 0 Å². The van der Waals surface area contributed by atoms with Crippen molar-refractivity contribution in [3.8, 4) is 11.1 Å². The average molecular weight is 313 g/mol. The summed E-state index contributed by atoms with van der Waals surface area (Å²) in [6.45, 7) is 0. The van der Waals surface area contributed by atoms with Crippen LogP contribution in [0.1, 0.15) is 12.8 Å². The van der Waals surface area contributed by atoms with Crippen molar-refractivity contribution in [3.05, 3.63) is 58.6 Å². The summed E-state index contributed by atoms with van der Waals surface area (Å²) in [5.41, 5.74) is 2.21. The molecule has 2 aromatic carbocycles. The summed E-state index contributed by atoms with van der Waals surface area (Å²) < 4.78 is 0. The maximum absolute atomic E-state index is 11.5. The fraction of sp³-hybridized carbons (Fsp3) is 0.125. The number of rotatable bonds is 6. The Labute approximate surface area is 131 Å². The Kier molecular flexibility index (Phi) is 5.03. The van der Waals surface area contributed by atoms with Gasteiger partial charge in [0.25, 0.3) is 5.69 Å². The van der Waals surface area contributed by atoms with Gasteiger partial charge in [0.05, 0.1) is 4.92 Å². The first kappa shape index (κ1) is 16.2. The number of carbonyl (C=O) groups is 2. The van der Waals surface area contributed by atoms with Crippen molar-refractivity contribution >= 4 is 23.3 Å². The van der Waals surface area contributed by atoms with Crippen LogP contribution >= 0.6 is 0 Å². The van der Waals surface area contributed by atoms with E-state index in [-0.39, 0.29) is 18.5 Å². The molecular formula is C16H13N2O5-. The molecule has 0 aromatic heterocycles. The topological polar surface area (TPSA) is 112 Å². The zero-order chi connectivity index (χ0) is 16.8. The zero-order valence-corrected chi connectivity index (χ0v) is 12.0. The molecule has 0 aliphatic carbocycles. The van der Waals surface area contributed by atoms with Gasteiger partial charge in [-0.25, -0.2) is 0 Å². The molecule has 2 aromatic rings. The first-order valence-corrected chi connectivity index (χ1v) is 6.80. The molecule has 7 heteroatoms. The number of benzene rings is 2. The second-order valence-electron chi connectivity index (χ2n) is 4.80. The molecule has 0 aliphatic rings. The number of aliphatic carboxylic acids is 1. The van der Waals surface area contributed by atoms with E-state index in [9.17, 15) is 24.8 Å². The second kappa shape index (κ2) is 7.17. The predicted octanol–water partition coefficient (Wildman–Crippen LogP) is 1.73. The SMILES string of the molecule is O=C([O-])CCC(=O)Nc1ccc(-c2ccc([N+](=O)[O-])cc2)cc1. The molecule has 0 saturated carbocycles. The molecule has 1 N–H and O–H groups in total. The number of anilines is 1. The van der Waals surface area contributed by atoms with Gasteiger partial charge in [-0.3, -0.25) is 14.9 Å². The van der Waals surface area contributed by atoms with Crippen molar-refractivity contribution in [2.24, 2.45) is 0 Å². The van der Waals surface area contributed by atoms with Crippen molar-refractivity contribution in [1.82, 2.24) is 0 Å². The van der Waals surface area contributed by atoms with Crippen LogP contribution in [0, 0.1) is 10.1 Å². The van der Waals surface area contributed by atoms with Crippen LogP contribution < -0.4 is 10.4 Å². The van der Waals surface area contributed by atoms with E-state index in [4.69, 9.17) is 0 Å². The largest absolute Gasteiger partial charge is 0.550 e. The van der Waals surface area contributed by atoms with Gasteiger partial charge >= 0.3 is 0 Å². The van der Waals surface area contributed by atoms with E-state index in [1.165, 1.54) is 12.1 Å². The van der Waals surface area contributed by atoms with Crippen molar-refractivity contribution in [2.75, 3.05) is 5.32 Å². The van der Waals surface area contributed by atoms with Gasteiger partial charge in [0, 0.05) is 30.2 Å². The van der Waals surface area contributed by atoms with Gasteiger partial charge in [-0.15, -0.1) is 0 Å². The number of nitro benzene ring substituents is 1. The molecule has 0 radical (unpaired) electrons. The summed E-state index contributed by atoms with van der Waals surface area (Å²) in [4.78, 5) is 32.0. The highest BCUT2D eigenvalue weighted by molar-refractivity contribution is 5.92. The maximum Gasteiger partial charge on any atom is 0.269 e. The van der Waals surface area contributed by atoms with Gasteiger partial charge in [0.15, 0.2) is 0 Å². The number of amides is 1. The molecule has 118 valence electrons. The third-order valence-corrected chi connectivity index (χ3v) is 3.14. The van der Waals surface area contributed by atoms with Gasteiger partial charge in [-0.05, 0) is 41.8 Å². The molecular weight excluding hydrogens is 300 g/mol. The van der Waals surface area contributed by atoms with Gasteiger partial charge in [0.1, 0.15) is 0 Å². The Morgan fingerprint density at radius 2 is 1.43 bits per heavy atom. The minimum absolute atomic E-state index is 0.0190. The highest BCUT2D eigenvalue weighted by Gasteiger charge is 2.06. The van der Waals surface area contributed by atoms with E-state index in [1.54, 1.807) is 36.4 Å². The summed E-state index contributed by atoms with van der Waals surface area (Å²) in [7, 11) is 0. The number of non-ortho nitro benzene ring substituents is 1. The van der Waals surface area contributed by atoms with Crippen LogP contribution in [0.5, 0.6) is 0 Å². The molecule has 7 nitrogen and oxygen atoms in total. The quantitative estimate of drug-likeness (QED) is 0.644. The van der Waals surface area contributed by atoms with Crippen molar-refractivity contribution in [3.63, 3.8) is 0 Å². The third-order valence-electron chi connectivity index (χ3n) is 3.14. The van der Waals surface area contributed by atoms with Crippen LogP contribution in [0.2, 0.25) is 0 Å². The van der Waals surface area contributed by atoms with E-state index in [0.717, 1.165) is 11.1 Å². The molecule has 0 heterocycles. The second-order valence-corrected chi connectivity index (χ2v) is 4.80. The fourth-order valence-corrected chi connectivity index (χ4v) is 1.96. The Morgan fingerprint density at radius 3 is 1.91 bits per heavy atom. The summed E-state index contributed by atoms with van der Waals surface area (Å²) in [5.74, 6) is -1.68. The molecule has 1 amide bonds. The van der Waals surface area contributed by atoms with E-state index < -0.39 is 16.8 Å². The number of hydrogen-bond acceptors (Lipinski definition) is 5. The lowest BCUT2D eigenvalue weighted by Gasteiger charge is -2.07. The van der Waals surface area contributed by atoms with Crippen LogP contribution in [0.4, 0.5) is 11.4 Å². The summed E-state index contributed by atoms with van der Waals surface area (Å²) in [5, 5.41) is 23.5. The van der Waals surface area contributed by atoms with Crippen molar-refractivity contribution < 1.29 is 19.6 Å². The van der Waals surface area contributed by atoms with Gasteiger partial charge < -0.3 is 15.2 Å². The van der Waals surface area contributed by atoms with Gasteiger partial charge in [-0.2, -0.15) is 0 Å². The number of nitrogens with one attached hydrogen (secondary N) is 1. The smallest absolute Gasteiger partial charge is 0.269 e. The summed E-state index contributed by atoms with van der Waals surface area (Å²) in [6, 6.07) is 13.0. The molecule has 0 atom stereocenters. The Morgan fingerprint density at radius 1 is 0.913 bits per heavy atom. The lowest BCUT2D eigenvalue weighted by Crippen LogP contribution is -2.24. The maximum atomic E-state index is 11.5. The number of carbonyl (C=O) groups excluding carboxylic acids is 2. The Bertz CT molecular complexity index is 723. The van der Waals surface area contributed by atoms with Crippen LogP contribution in [0.25, 0.3) is 11.1 Å². The monoisotopic (exact) mass is 313 g/mol. The van der Waals surface area contributed by atoms with Crippen LogP contribution in [0.15, 0.2) is 48.5 Å². The number of nitrogens with zero attached hydrogens (tertiary/aromatic N) is 1. The molecule has 2 rings (SSSR count). The standard InChI is InChI=1S/C16H14N2O5/c19-15(9-10-16(20)21)17-13-5-1-11(2-6-13)12-3-7-14(8-4-12)18(22)23/h1-8H,9-10H2,(H,17,19)(H,20,21)/p-1. The first-order chi connectivity index (χ1) is 11.0. The molecule has 0 fully saturated rings. The van der Waals surface area contributed by atoms with Crippen molar-refractivity contribution in [2.45, 2.75) is 12.8 Å². The summed E-state index contributed by atoms with van der Waals surface area (Å²) in [6.07, 6.45) is -0.473. The van der Waals surface area contributed by atoms with E-state index >= 15 is 0 Å². The Balaban J connectivity index is 2.02. The number of hydrogen-bond donors (Lipinski definition) is 1. The molecule has 0 saturated heterocycles. The lowest BCUT2D eigenvalue weighted by molar-refractivity contribution is -0.384. The number of carboxylic acid groups (broad SMARTS) is 1. The number of nitro groups is 1. The average Bonchev–Trinajstić information content (AvgIpc) is 2.54. The molecule has 0 spiro atoms. The highest BCUT2D eigenvalue weighted by atomic mass is 16.6. The van der Waals surface area contributed by atoms with E-state index in [2.05, 4.69) is 5.32 Å². The van der Waals surface area contributed by atoms with Crippen LogP contribution in [-0.4, -0.2) is 16.8 Å². The van der Waals surface area contributed by atoms with E-state index in [0.29, 0.717) is 5.69 Å².